The predicted molar refractivity (Wildman–Crippen MR) is 148 cm³/mol. The van der Waals surface area contributed by atoms with Crippen LogP contribution < -0.4 is 39.0 Å². The summed E-state index contributed by atoms with van der Waals surface area (Å²) in [5.74, 6) is -1.05. The van der Waals surface area contributed by atoms with Gasteiger partial charge in [0.15, 0.2) is 17.3 Å². The van der Waals surface area contributed by atoms with E-state index in [1.165, 1.54) is 19.1 Å². The molecule has 1 N–H and O–H groups in total. The minimum atomic E-state index is -3.82. The predicted octanol–water partition coefficient (Wildman–Crippen LogP) is 2.15. The number of nitrogens with zero attached hydrogens (tertiary/aromatic N) is 2. The first-order valence-corrected chi connectivity index (χ1v) is 14.8. The molecule has 1 aliphatic heterocycles. The van der Waals surface area contributed by atoms with E-state index < -0.39 is 54.5 Å². The van der Waals surface area contributed by atoms with Gasteiger partial charge in [-0.3, -0.25) is 18.9 Å². The second-order valence-corrected chi connectivity index (χ2v) is 12.0. The van der Waals surface area contributed by atoms with Crippen LogP contribution in [0.1, 0.15) is 53.0 Å². The van der Waals surface area contributed by atoms with E-state index in [0.717, 1.165) is 0 Å². The van der Waals surface area contributed by atoms with Crippen molar-refractivity contribution in [2.75, 3.05) is 40.1 Å². The molecule has 2 amide bonds. The second-order valence-electron chi connectivity index (χ2n) is 9.93. The molecule has 1 aliphatic rings. The number of hydrogen-bond acceptors (Lipinski definition) is 10. The van der Waals surface area contributed by atoms with Crippen molar-refractivity contribution in [1.82, 2.24) is 4.90 Å². The van der Waals surface area contributed by atoms with Crippen LogP contribution in [0.15, 0.2) is 29.5 Å². The number of carbonyl (C=O) groups is 3. The molecule has 0 saturated heterocycles. The first-order valence-electron chi connectivity index (χ1n) is 13.1. The van der Waals surface area contributed by atoms with E-state index in [4.69, 9.17) is 23.3 Å². The molecule has 0 bridgehead atoms. The third kappa shape index (κ3) is 10.6. The van der Waals surface area contributed by atoms with Crippen LogP contribution in [0.25, 0.3) is 5.32 Å². The Balaban J connectivity index is 0.00000840. The standard InChI is InChI=1S/C27H41N2O10P.Na/c1-8-37-40(34,38-9-2)17-20(30)23-24(31)19(11-10-14-28-26(33)39-27(3,4)5)29(25(23)32)16-18-12-13-21(35-6)22(15-18)36-7;/h12-13,15,19H,8-11,14,16-17H2,1-7H3,(H2,28,30,31,32,33);/q;+1/p-1. The number of methoxy groups -OCH3 is 2. The van der Waals surface area contributed by atoms with Crippen LogP contribution in [-0.2, 0) is 34.5 Å². The van der Waals surface area contributed by atoms with Gasteiger partial charge in [0.2, 0.25) is 6.09 Å². The third-order valence-electron chi connectivity index (χ3n) is 5.76. The molecule has 1 unspecified atom stereocenters. The molecule has 41 heavy (non-hydrogen) atoms. The minimum absolute atomic E-state index is 0. The summed E-state index contributed by atoms with van der Waals surface area (Å²) in [4.78, 5) is 40.0. The molecule has 0 aromatic heterocycles. The molecule has 1 aromatic carbocycles. The van der Waals surface area contributed by atoms with Gasteiger partial charge in [-0.25, -0.2) is 0 Å². The van der Waals surface area contributed by atoms with E-state index >= 15 is 0 Å². The normalized spacial score (nSPS) is 15.4. The van der Waals surface area contributed by atoms with Crippen LogP contribution in [0.4, 0.5) is 4.79 Å². The van der Waals surface area contributed by atoms with Gasteiger partial charge in [-0.15, -0.1) is 6.54 Å². The average Bonchev–Trinajstić information content (AvgIpc) is 3.09. The first-order chi connectivity index (χ1) is 18.8. The number of rotatable bonds is 15. The van der Waals surface area contributed by atoms with Crippen molar-refractivity contribution >= 4 is 25.4 Å². The Bertz CT molecular complexity index is 1140. The molecule has 12 nitrogen and oxygen atoms in total. The van der Waals surface area contributed by atoms with Gasteiger partial charge in [0.05, 0.1) is 33.5 Å². The Morgan fingerprint density at radius 2 is 1.68 bits per heavy atom. The third-order valence-corrected chi connectivity index (χ3v) is 7.74. The zero-order valence-electron chi connectivity index (χ0n) is 25.2. The molecule has 0 aliphatic carbocycles. The number of Topliss-reactive ketones (excluding diaryl/α,β-unsaturated/α-hetero) is 1. The van der Waals surface area contributed by atoms with Crippen LogP contribution >= 0.6 is 7.60 Å². The molecule has 224 valence electrons. The number of hydrogen-bond donors (Lipinski definition) is 1. The maximum absolute atomic E-state index is 13.5. The molecule has 0 saturated carbocycles. The van der Waals surface area contributed by atoms with Crippen molar-refractivity contribution < 1.29 is 76.9 Å². The number of amides is 2. The second kappa shape index (κ2) is 16.5. The summed E-state index contributed by atoms with van der Waals surface area (Å²) >= 11 is 0. The molecule has 0 fully saturated rings. The van der Waals surface area contributed by atoms with Crippen LogP contribution in [0, 0.1) is 0 Å². The Kier molecular flexibility index (Phi) is 14.9. The van der Waals surface area contributed by atoms with E-state index in [-0.39, 0.29) is 62.3 Å². The summed E-state index contributed by atoms with van der Waals surface area (Å²) in [6.07, 6.45) is -0.898. The van der Waals surface area contributed by atoms with Gasteiger partial charge >= 0.3 is 37.2 Å². The minimum Gasteiger partial charge on any atom is -0.617 e. The van der Waals surface area contributed by atoms with Crippen molar-refractivity contribution in [1.29, 1.82) is 0 Å². The van der Waals surface area contributed by atoms with Crippen LogP contribution in [0.5, 0.6) is 11.5 Å². The molecule has 14 heteroatoms. The van der Waals surface area contributed by atoms with E-state index in [9.17, 15) is 24.1 Å². The molecule has 1 atom stereocenters. The number of ketones is 1. The summed E-state index contributed by atoms with van der Waals surface area (Å²) in [6, 6.07) is 4.23. The number of aliphatic hydroxyl groups excluding tert-OH is 1. The van der Waals surface area contributed by atoms with Crippen LogP contribution in [0.2, 0.25) is 0 Å². The Hall–Kier alpha value is -2.08. The SMILES string of the molecule is CCOP(=O)(CC(=O)C1=C(O)C(CCC[N-]C(=O)OC(C)(C)C)N(Cc2ccc(OC)c(OC)c2)C1=O)OCC.[Na+]. The molecule has 0 spiro atoms. The smallest absolute Gasteiger partial charge is 0.617 e. The van der Waals surface area contributed by atoms with Gasteiger partial charge in [-0.05, 0) is 58.7 Å². The van der Waals surface area contributed by atoms with E-state index in [2.05, 4.69) is 5.32 Å². The largest absolute Gasteiger partial charge is 1.00 e. The zero-order chi connectivity index (χ0) is 30.1. The fourth-order valence-corrected chi connectivity index (χ4v) is 5.70. The summed E-state index contributed by atoms with van der Waals surface area (Å²) in [5.41, 5.74) is -0.493. The Labute approximate surface area is 263 Å². The topological polar surface area (TPSA) is 152 Å². The van der Waals surface area contributed by atoms with Crippen LogP contribution in [0.3, 0.4) is 0 Å². The Morgan fingerprint density at radius 1 is 1.07 bits per heavy atom. The summed E-state index contributed by atoms with van der Waals surface area (Å²) < 4.78 is 39.2. The van der Waals surface area contributed by atoms with Crippen molar-refractivity contribution in [3.05, 3.63) is 40.4 Å². The summed E-state index contributed by atoms with van der Waals surface area (Å²) in [5, 5.41) is 15.0. The van der Waals surface area contributed by atoms with E-state index in [0.29, 0.717) is 23.5 Å². The maximum atomic E-state index is 13.5. The van der Waals surface area contributed by atoms with Gasteiger partial charge in [-0.2, -0.15) is 0 Å². The molecular weight excluding hydrogens is 566 g/mol. The fraction of sp³-hybridized carbons (Fsp3) is 0.593. The monoisotopic (exact) mass is 606 g/mol. The van der Waals surface area contributed by atoms with Gasteiger partial charge in [-0.1, -0.05) is 12.5 Å². The van der Waals surface area contributed by atoms with Crippen molar-refractivity contribution in [3.63, 3.8) is 0 Å². The van der Waals surface area contributed by atoms with Gasteiger partial charge in [0, 0.05) is 6.54 Å². The van der Waals surface area contributed by atoms with Crippen LogP contribution in [-0.4, -0.2) is 79.6 Å². The fourth-order valence-electron chi connectivity index (χ4n) is 4.15. The summed E-state index contributed by atoms with van der Waals surface area (Å²) in [7, 11) is -0.836. The molecule has 1 aromatic rings. The van der Waals surface area contributed by atoms with Crippen molar-refractivity contribution in [2.24, 2.45) is 0 Å². The van der Waals surface area contributed by atoms with E-state index in [1.807, 2.05) is 0 Å². The van der Waals surface area contributed by atoms with Gasteiger partial charge in [0.25, 0.3) is 5.91 Å². The Morgan fingerprint density at radius 3 is 2.22 bits per heavy atom. The molecule has 0 radical (unpaired) electrons. The quantitative estimate of drug-likeness (QED) is 0.136. The zero-order valence-corrected chi connectivity index (χ0v) is 28.1. The number of aliphatic hydroxyl groups is 1. The van der Waals surface area contributed by atoms with Gasteiger partial charge < -0.3 is 38.6 Å². The molecule has 1 heterocycles. The number of carbonyl (C=O) groups excluding carboxylic acids is 3. The maximum Gasteiger partial charge on any atom is 1.00 e. The number of benzene rings is 1. The average molecular weight is 607 g/mol. The van der Waals surface area contributed by atoms with Gasteiger partial charge in [0.1, 0.15) is 23.1 Å². The van der Waals surface area contributed by atoms with Crippen molar-refractivity contribution in [3.8, 4) is 11.5 Å². The van der Waals surface area contributed by atoms with Crippen molar-refractivity contribution in [2.45, 2.75) is 65.6 Å². The molecular formula is C27H40N2NaO10P. The molecule has 2 rings (SSSR count). The van der Waals surface area contributed by atoms with E-state index in [1.54, 1.807) is 52.8 Å². The number of ether oxygens (including phenoxy) is 3. The summed E-state index contributed by atoms with van der Waals surface area (Å²) in [6.45, 7) is 8.60. The first kappa shape index (κ1) is 36.9.